The number of nitrogens with one attached hydrogen (secondary N) is 2. The number of aliphatic hydroxyl groups excluding tert-OH is 1. The van der Waals surface area contributed by atoms with Crippen molar-refractivity contribution in [2.45, 2.75) is 13.0 Å². The number of aliphatic hydroxyl groups is 1. The number of H-pyrrole nitrogens is 1. The molecule has 0 unspecified atom stereocenters. The Morgan fingerprint density at radius 2 is 2.23 bits per heavy atom. The molecule has 116 valence electrons. The van der Waals surface area contributed by atoms with Gasteiger partial charge in [0.15, 0.2) is 0 Å². The molecule has 0 aliphatic heterocycles. The van der Waals surface area contributed by atoms with Gasteiger partial charge in [-0.15, -0.1) is 0 Å². The zero-order valence-electron chi connectivity index (χ0n) is 11.5. The minimum absolute atomic E-state index is 0.147. The minimum Gasteiger partial charge on any atom is -0.387 e. The predicted octanol–water partition coefficient (Wildman–Crippen LogP) is 1.74. The third-order valence-corrected chi connectivity index (χ3v) is 3.38. The average Bonchev–Trinajstić information content (AvgIpc) is 2.87. The Bertz CT molecular complexity index is 716. The molecule has 0 aliphatic carbocycles. The zero-order valence-corrected chi connectivity index (χ0v) is 12.3. The van der Waals surface area contributed by atoms with Crippen LogP contribution in [0.1, 0.15) is 27.8 Å². The first-order chi connectivity index (χ1) is 10.4. The molecule has 1 heterocycles. The van der Waals surface area contributed by atoms with Crippen molar-refractivity contribution < 1.29 is 14.8 Å². The molecule has 0 aliphatic rings. The van der Waals surface area contributed by atoms with Crippen LogP contribution in [0.2, 0.25) is 5.02 Å². The van der Waals surface area contributed by atoms with E-state index < -0.39 is 16.9 Å². The summed E-state index contributed by atoms with van der Waals surface area (Å²) in [5, 5.41) is 29.7. The van der Waals surface area contributed by atoms with Gasteiger partial charge in [-0.2, -0.15) is 5.10 Å². The maximum Gasteiger partial charge on any atom is 0.322 e. The number of benzene rings is 1. The monoisotopic (exact) mass is 324 g/mol. The third-order valence-electron chi connectivity index (χ3n) is 3.03. The molecular weight excluding hydrogens is 312 g/mol. The Hall–Kier alpha value is -2.45. The summed E-state index contributed by atoms with van der Waals surface area (Å²) < 4.78 is 0. The van der Waals surface area contributed by atoms with Gasteiger partial charge in [0.25, 0.3) is 5.91 Å². The van der Waals surface area contributed by atoms with Crippen molar-refractivity contribution in [3.63, 3.8) is 0 Å². The second kappa shape index (κ2) is 6.54. The Morgan fingerprint density at radius 3 is 2.86 bits per heavy atom. The number of aromatic nitrogens is 2. The average molecular weight is 325 g/mol. The first-order valence-corrected chi connectivity index (χ1v) is 6.69. The van der Waals surface area contributed by atoms with Crippen molar-refractivity contribution in [2.24, 2.45) is 0 Å². The van der Waals surface area contributed by atoms with Crippen LogP contribution in [0.4, 0.5) is 5.69 Å². The van der Waals surface area contributed by atoms with Crippen LogP contribution in [0, 0.1) is 17.0 Å². The van der Waals surface area contributed by atoms with Crippen LogP contribution < -0.4 is 5.32 Å². The number of rotatable bonds is 5. The molecule has 22 heavy (non-hydrogen) atoms. The van der Waals surface area contributed by atoms with E-state index in [1.54, 1.807) is 24.3 Å². The molecule has 2 rings (SSSR count). The number of nitro groups is 1. The van der Waals surface area contributed by atoms with Gasteiger partial charge in [-0.3, -0.25) is 20.0 Å². The van der Waals surface area contributed by atoms with E-state index in [-0.39, 0.29) is 23.6 Å². The number of hydrogen-bond acceptors (Lipinski definition) is 5. The SMILES string of the molecule is Cc1[nH]nc(C(=O)NC[C@H](O)c2ccccc2Cl)c1[N+](=O)[O-]. The fourth-order valence-corrected chi connectivity index (χ4v) is 2.20. The molecule has 1 amide bonds. The highest BCUT2D eigenvalue weighted by Crippen LogP contribution is 2.23. The van der Waals surface area contributed by atoms with Gasteiger partial charge in [0, 0.05) is 17.1 Å². The number of hydrogen-bond donors (Lipinski definition) is 3. The first kappa shape index (κ1) is 15.9. The van der Waals surface area contributed by atoms with E-state index in [4.69, 9.17) is 11.6 Å². The summed E-state index contributed by atoms with van der Waals surface area (Å²) in [5.74, 6) is -0.748. The first-order valence-electron chi connectivity index (χ1n) is 6.32. The lowest BCUT2D eigenvalue weighted by atomic mass is 10.1. The van der Waals surface area contributed by atoms with E-state index in [0.717, 1.165) is 0 Å². The summed E-state index contributed by atoms with van der Waals surface area (Å²) in [7, 11) is 0. The van der Waals surface area contributed by atoms with E-state index in [1.165, 1.54) is 6.92 Å². The Labute approximate surface area is 130 Å². The second-order valence-corrected chi connectivity index (χ2v) is 4.96. The van der Waals surface area contributed by atoms with Crippen molar-refractivity contribution in [1.29, 1.82) is 0 Å². The van der Waals surface area contributed by atoms with Gasteiger partial charge < -0.3 is 10.4 Å². The Balaban J connectivity index is 2.08. The topological polar surface area (TPSA) is 121 Å². The van der Waals surface area contributed by atoms with Crippen LogP contribution in [0.5, 0.6) is 0 Å². The molecule has 1 aromatic carbocycles. The summed E-state index contributed by atoms with van der Waals surface area (Å²) in [5.41, 5.74) is -0.0717. The van der Waals surface area contributed by atoms with Gasteiger partial charge in [0.05, 0.1) is 11.0 Å². The summed E-state index contributed by atoms with van der Waals surface area (Å²) >= 11 is 5.94. The van der Waals surface area contributed by atoms with Gasteiger partial charge in [0.1, 0.15) is 5.69 Å². The van der Waals surface area contributed by atoms with Crippen LogP contribution in [-0.2, 0) is 0 Å². The number of nitrogens with zero attached hydrogens (tertiary/aromatic N) is 2. The lowest BCUT2D eigenvalue weighted by Crippen LogP contribution is -2.29. The van der Waals surface area contributed by atoms with Crippen LogP contribution in [0.25, 0.3) is 0 Å². The van der Waals surface area contributed by atoms with Crippen molar-refractivity contribution in [2.75, 3.05) is 6.54 Å². The molecule has 8 nitrogen and oxygen atoms in total. The van der Waals surface area contributed by atoms with Crippen molar-refractivity contribution in [3.8, 4) is 0 Å². The maximum atomic E-state index is 12.0. The van der Waals surface area contributed by atoms with E-state index in [1.807, 2.05) is 0 Å². The van der Waals surface area contributed by atoms with Crippen molar-refractivity contribution in [3.05, 3.63) is 56.4 Å². The zero-order chi connectivity index (χ0) is 16.3. The van der Waals surface area contributed by atoms with Crippen molar-refractivity contribution >= 4 is 23.2 Å². The Kier molecular flexibility index (Phi) is 4.74. The normalized spacial score (nSPS) is 12.0. The van der Waals surface area contributed by atoms with E-state index >= 15 is 0 Å². The van der Waals surface area contributed by atoms with Gasteiger partial charge in [0.2, 0.25) is 5.69 Å². The van der Waals surface area contributed by atoms with Gasteiger partial charge in [-0.1, -0.05) is 29.8 Å². The van der Waals surface area contributed by atoms with E-state index in [0.29, 0.717) is 10.6 Å². The highest BCUT2D eigenvalue weighted by Gasteiger charge is 2.27. The number of halogens is 1. The molecule has 0 spiro atoms. The molecule has 1 aromatic heterocycles. The summed E-state index contributed by atoms with van der Waals surface area (Å²) in [6.45, 7) is 1.30. The smallest absolute Gasteiger partial charge is 0.322 e. The summed E-state index contributed by atoms with van der Waals surface area (Å²) in [4.78, 5) is 22.2. The summed E-state index contributed by atoms with van der Waals surface area (Å²) in [6, 6.07) is 6.66. The van der Waals surface area contributed by atoms with Crippen LogP contribution in [0.15, 0.2) is 24.3 Å². The molecule has 0 fully saturated rings. The lowest BCUT2D eigenvalue weighted by Gasteiger charge is -2.12. The molecule has 0 bridgehead atoms. The Morgan fingerprint density at radius 1 is 1.55 bits per heavy atom. The molecule has 2 aromatic rings. The fraction of sp³-hybridized carbons (Fsp3) is 0.231. The van der Waals surface area contributed by atoms with E-state index in [9.17, 15) is 20.0 Å². The highest BCUT2D eigenvalue weighted by atomic mass is 35.5. The van der Waals surface area contributed by atoms with Crippen LogP contribution in [0.3, 0.4) is 0 Å². The predicted molar refractivity (Wildman–Crippen MR) is 78.7 cm³/mol. The molecule has 1 atom stereocenters. The third kappa shape index (κ3) is 3.23. The maximum absolute atomic E-state index is 12.0. The van der Waals surface area contributed by atoms with Gasteiger partial charge in [-0.05, 0) is 13.0 Å². The number of carbonyl (C=O) groups is 1. The summed E-state index contributed by atoms with van der Waals surface area (Å²) in [6.07, 6.45) is -1.03. The van der Waals surface area contributed by atoms with E-state index in [2.05, 4.69) is 15.5 Å². The quantitative estimate of drug-likeness (QED) is 0.571. The number of carbonyl (C=O) groups excluding carboxylic acids is 1. The van der Waals surface area contributed by atoms with Crippen molar-refractivity contribution in [1.82, 2.24) is 15.5 Å². The highest BCUT2D eigenvalue weighted by molar-refractivity contribution is 6.31. The number of aromatic amines is 1. The minimum atomic E-state index is -1.03. The molecule has 3 N–H and O–H groups in total. The molecular formula is C13H13ClN4O4. The molecule has 9 heteroatoms. The molecule has 0 saturated carbocycles. The van der Waals surface area contributed by atoms with Crippen LogP contribution >= 0.6 is 11.6 Å². The standard InChI is InChI=1S/C13H13ClN4O4/c1-7-12(18(21)22)11(17-16-7)13(20)15-6-10(19)8-4-2-3-5-9(8)14/h2-5,10,19H,6H2,1H3,(H,15,20)(H,16,17)/t10-/m0/s1. The van der Waals surface area contributed by atoms with Crippen LogP contribution in [-0.4, -0.2) is 32.7 Å². The molecule has 0 radical (unpaired) electrons. The largest absolute Gasteiger partial charge is 0.387 e. The number of aryl methyl sites for hydroxylation is 1. The fourth-order valence-electron chi connectivity index (χ4n) is 1.93. The number of amides is 1. The van der Waals surface area contributed by atoms with Gasteiger partial charge in [-0.25, -0.2) is 0 Å². The lowest BCUT2D eigenvalue weighted by molar-refractivity contribution is -0.385. The molecule has 0 saturated heterocycles. The van der Waals surface area contributed by atoms with Gasteiger partial charge >= 0.3 is 5.69 Å². The second-order valence-electron chi connectivity index (χ2n) is 4.55.